The molecule has 1 amide bonds. The van der Waals surface area contributed by atoms with E-state index >= 15 is 0 Å². The summed E-state index contributed by atoms with van der Waals surface area (Å²) in [5, 5.41) is 2.80. The normalized spacial score (nSPS) is 20.8. The lowest BCUT2D eigenvalue weighted by Crippen LogP contribution is -2.28. The zero-order valence-electron chi connectivity index (χ0n) is 7.79. The summed E-state index contributed by atoms with van der Waals surface area (Å²) in [5.74, 6) is 0.879. The van der Waals surface area contributed by atoms with E-state index in [0.29, 0.717) is 0 Å². The van der Waals surface area contributed by atoms with Gasteiger partial charge in [-0.1, -0.05) is 6.92 Å². The number of carbonyl (C=O) groups excluding carboxylic acids is 1. The highest BCUT2D eigenvalue weighted by atomic mass is 16.2. The van der Waals surface area contributed by atoms with E-state index < -0.39 is 0 Å². The number of hydrogen-bond donors (Lipinski definition) is 1. The molecule has 1 N–H and O–H groups in total. The molecule has 3 heteroatoms. The van der Waals surface area contributed by atoms with Gasteiger partial charge in [-0.15, -0.1) is 0 Å². The Hall–Kier alpha value is -1.38. The molecule has 1 aliphatic heterocycles. The van der Waals surface area contributed by atoms with Crippen molar-refractivity contribution in [3.63, 3.8) is 0 Å². The maximum atomic E-state index is 11.3. The summed E-state index contributed by atoms with van der Waals surface area (Å²) in [5.41, 5.74) is 2.38. The Kier molecular flexibility index (Phi) is 1.79. The van der Waals surface area contributed by atoms with Crippen LogP contribution in [0, 0.1) is 12.8 Å². The van der Waals surface area contributed by atoms with Gasteiger partial charge in [0.2, 0.25) is 5.91 Å². The molecule has 68 valence electrons. The number of hydrogen-bond acceptors (Lipinski definition) is 2. The van der Waals surface area contributed by atoms with Crippen molar-refractivity contribution in [2.75, 3.05) is 5.32 Å². The predicted octanol–water partition coefficient (Wildman–Crippen LogP) is 1.52. The van der Waals surface area contributed by atoms with Gasteiger partial charge in [0.05, 0.1) is 0 Å². The molecule has 13 heavy (non-hydrogen) atoms. The van der Waals surface area contributed by atoms with Crippen molar-refractivity contribution in [3.8, 4) is 0 Å². The van der Waals surface area contributed by atoms with Crippen LogP contribution in [0.15, 0.2) is 12.3 Å². The zero-order chi connectivity index (χ0) is 9.42. The Balaban J connectivity index is 2.48. The monoisotopic (exact) mass is 176 g/mol. The fourth-order valence-electron chi connectivity index (χ4n) is 1.59. The molecule has 1 aromatic rings. The summed E-state index contributed by atoms with van der Waals surface area (Å²) in [4.78, 5) is 15.5. The molecule has 0 spiro atoms. The maximum absolute atomic E-state index is 11.3. The van der Waals surface area contributed by atoms with Gasteiger partial charge in [0, 0.05) is 12.1 Å². The standard InChI is InChI=1S/C10H12N2O/c1-6-3-4-11-9-8(6)5-7(2)10(13)12-9/h3-4,7H,5H2,1-2H3,(H,11,12,13). The third-order valence-corrected chi connectivity index (χ3v) is 2.49. The molecule has 0 saturated carbocycles. The molecule has 1 atom stereocenters. The Morgan fingerprint density at radius 1 is 1.62 bits per heavy atom. The van der Waals surface area contributed by atoms with Crippen LogP contribution in [0.2, 0.25) is 0 Å². The summed E-state index contributed by atoms with van der Waals surface area (Å²) in [6.45, 7) is 3.98. The number of rotatable bonds is 0. The van der Waals surface area contributed by atoms with E-state index in [-0.39, 0.29) is 11.8 Å². The van der Waals surface area contributed by atoms with Gasteiger partial charge in [-0.2, -0.15) is 0 Å². The Morgan fingerprint density at radius 2 is 2.38 bits per heavy atom. The number of amides is 1. The van der Waals surface area contributed by atoms with Gasteiger partial charge < -0.3 is 5.32 Å². The molecule has 1 unspecified atom stereocenters. The molecule has 3 nitrogen and oxygen atoms in total. The minimum atomic E-state index is 0.0652. The van der Waals surface area contributed by atoms with E-state index in [0.717, 1.165) is 12.2 Å². The van der Waals surface area contributed by atoms with Crippen LogP contribution in [0.1, 0.15) is 18.1 Å². The van der Waals surface area contributed by atoms with E-state index in [1.54, 1.807) is 6.20 Å². The first-order chi connectivity index (χ1) is 6.18. The predicted molar refractivity (Wildman–Crippen MR) is 50.5 cm³/mol. The topological polar surface area (TPSA) is 42.0 Å². The van der Waals surface area contributed by atoms with Gasteiger partial charge in [0.25, 0.3) is 0 Å². The van der Waals surface area contributed by atoms with E-state index in [4.69, 9.17) is 0 Å². The van der Waals surface area contributed by atoms with Gasteiger partial charge in [-0.25, -0.2) is 4.98 Å². The average Bonchev–Trinajstić information content (AvgIpc) is 2.09. The minimum absolute atomic E-state index is 0.0652. The molecule has 1 aliphatic rings. The Labute approximate surface area is 77.2 Å². The van der Waals surface area contributed by atoms with Crippen LogP contribution >= 0.6 is 0 Å². The highest BCUT2D eigenvalue weighted by Gasteiger charge is 2.23. The lowest BCUT2D eigenvalue weighted by Gasteiger charge is -2.21. The first kappa shape index (κ1) is 8.23. The van der Waals surface area contributed by atoms with Gasteiger partial charge in [0.1, 0.15) is 5.82 Å². The summed E-state index contributed by atoms with van der Waals surface area (Å²) < 4.78 is 0. The second kappa shape index (κ2) is 2.83. The average molecular weight is 176 g/mol. The molecule has 2 heterocycles. The number of carbonyl (C=O) groups is 1. The number of anilines is 1. The number of nitrogens with zero attached hydrogens (tertiary/aromatic N) is 1. The third kappa shape index (κ3) is 1.30. The molecule has 0 fully saturated rings. The molecular weight excluding hydrogens is 164 g/mol. The van der Waals surface area contributed by atoms with Crippen molar-refractivity contribution in [3.05, 3.63) is 23.4 Å². The smallest absolute Gasteiger partial charge is 0.228 e. The van der Waals surface area contributed by atoms with Crippen molar-refractivity contribution in [2.24, 2.45) is 5.92 Å². The molecule has 0 radical (unpaired) electrons. The van der Waals surface area contributed by atoms with Crippen molar-refractivity contribution in [1.82, 2.24) is 4.98 Å². The highest BCUT2D eigenvalue weighted by Crippen LogP contribution is 2.25. The number of nitrogens with one attached hydrogen (secondary N) is 1. The Morgan fingerprint density at radius 3 is 3.15 bits per heavy atom. The van der Waals surface area contributed by atoms with Crippen LogP contribution < -0.4 is 5.32 Å². The number of aryl methyl sites for hydroxylation is 1. The van der Waals surface area contributed by atoms with Gasteiger partial charge >= 0.3 is 0 Å². The summed E-state index contributed by atoms with van der Waals surface area (Å²) in [6, 6.07) is 1.98. The van der Waals surface area contributed by atoms with Crippen molar-refractivity contribution in [2.45, 2.75) is 20.3 Å². The zero-order valence-corrected chi connectivity index (χ0v) is 7.79. The fraction of sp³-hybridized carbons (Fsp3) is 0.400. The first-order valence-electron chi connectivity index (χ1n) is 4.44. The summed E-state index contributed by atoms with van der Waals surface area (Å²) in [7, 11) is 0. The quantitative estimate of drug-likeness (QED) is 0.651. The lowest BCUT2D eigenvalue weighted by atomic mass is 9.94. The van der Waals surface area contributed by atoms with Crippen LogP contribution in [-0.4, -0.2) is 10.9 Å². The minimum Gasteiger partial charge on any atom is -0.310 e. The van der Waals surface area contributed by atoms with E-state index in [2.05, 4.69) is 10.3 Å². The first-order valence-corrected chi connectivity index (χ1v) is 4.44. The lowest BCUT2D eigenvalue weighted by molar-refractivity contribution is -0.119. The molecule has 1 aromatic heterocycles. The van der Waals surface area contributed by atoms with Crippen LogP contribution in [0.5, 0.6) is 0 Å². The van der Waals surface area contributed by atoms with Crippen LogP contribution in [0.25, 0.3) is 0 Å². The molecule has 2 rings (SSSR count). The molecule has 0 saturated heterocycles. The number of fused-ring (bicyclic) bond motifs is 1. The van der Waals surface area contributed by atoms with Crippen LogP contribution in [0.3, 0.4) is 0 Å². The largest absolute Gasteiger partial charge is 0.310 e. The highest BCUT2D eigenvalue weighted by molar-refractivity contribution is 5.94. The van der Waals surface area contributed by atoms with E-state index in [1.165, 1.54) is 11.1 Å². The molecule has 0 aliphatic carbocycles. The second-order valence-corrected chi connectivity index (χ2v) is 3.55. The van der Waals surface area contributed by atoms with Crippen molar-refractivity contribution >= 4 is 11.7 Å². The van der Waals surface area contributed by atoms with Crippen LogP contribution in [0.4, 0.5) is 5.82 Å². The Bertz CT molecular complexity index is 360. The third-order valence-electron chi connectivity index (χ3n) is 2.49. The molecule has 0 bridgehead atoms. The molecular formula is C10H12N2O. The summed E-state index contributed by atoms with van der Waals surface area (Å²) in [6.07, 6.45) is 2.53. The second-order valence-electron chi connectivity index (χ2n) is 3.55. The number of aromatic nitrogens is 1. The molecule has 0 aromatic carbocycles. The fourth-order valence-corrected chi connectivity index (χ4v) is 1.59. The van der Waals surface area contributed by atoms with Crippen LogP contribution in [-0.2, 0) is 11.2 Å². The van der Waals surface area contributed by atoms with Gasteiger partial charge in [0.15, 0.2) is 0 Å². The van der Waals surface area contributed by atoms with Crippen molar-refractivity contribution in [1.29, 1.82) is 0 Å². The van der Waals surface area contributed by atoms with E-state index in [1.807, 2.05) is 19.9 Å². The van der Waals surface area contributed by atoms with Crippen molar-refractivity contribution < 1.29 is 4.79 Å². The number of pyridine rings is 1. The van der Waals surface area contributed by atoms with E-state index in [9.17, 15) is 4.79 Å². The summed E-state index contributed by atoms with van der Waals surface area (Å²) >= 11 is 0. The van der Waals surface area contributed by atoms with Gasteiger partial charge in [-0.05, 0) is 30.5 Å². The maximum Gasteiger partial charge on any atom is 0.228 e. The SMILES string of the molecule is Cc1ccnc2c1CC(C)C(=O)N2. The van der Waals surface area contributed by atoms with Gasteiger partial charge in [-0.3, -0.25) is 4.79 Å².